The number of carbonyl (C=O) groups is 2. The SMILES string of the molecule is COC(=O)c1ccc(I)cc1S(=O)(=O)NC(=O)NC1=NC(C)=NN(OC)C1. The van der Waals surface area contributed by atoms with Crippen molar-refractivity contribution in [3.05, 3.63) is 27.3 Å². The number of hydrogen-bond donors (Lipinski definition) is 2. The van der Waals surface area contributed by atoms with Crippen LogP contribution in [0.2, 0.25) is 0 Å². The van der Waals surface area contributed by atoms with Gasteiger partial charge in [0.1, 0.15) is 23.1 Å². The lowest BCUT2D eigenvalue weighted by Gasteiger charge is -2.21. The fraction of sp³-hybridized carbons (Fsp3) is 0.286. The third-order valence-electron chi connectivity index (χ3n) is 3.17. The number of hydrogen-bond acceptors (Lipinski definition) is 9. The van der Waals surface area contributed by atoms with Crippen LogP contribution in [-0.4, -0.2) is 58.0 Å². The van der Waals surface area contributed by atoms with E-state index in [9.17, 15) is 18.0 Å². The van der Waals surface area contributed by atoms with Gasteiger partial charge in [-0.05, 0) is 47.7 Å². The normalized spacial score (nSPS) is 14.1. The van der Waals surface area contributed by atoms with Gasteiger partial charge in [-0.3, -0.25) is 10.2 Å². The van der Waals surface area contributed by atoms with Crippen LogP contribution >= 0.6 is 22.6 Å². The highest BCUT2D eigenvalue weighted by Gasteiger charge is 2.26. The predicted molar refractivity (Wildman–Crippen MR) is 104 cm³/mol. The first-order valence-electron chi connectivity index (χ1n) is 7.32. The fourth-order valence-electron chi connectivity index (χ4n) is 2.08. The molecule has 0 aliphatic carbocycles. The Morgan fingerprint density at radius 3 is 2.63 bits per heavy atom. The van der Waals surface area contributed by atoms with Crippen LogP contribution < -0.4 is 10.0 Å². The lowest BCUT2D eigenvalue weighted by Crippen LogP contribution is -2.47. The number of aliphatic imine (C=N–C) groups is 1. The summed E-state index contributed by atoms with van der Waals surface area (Å²) in [6.45, 7) is 1.59. The van der Waals surface area contributed by atoms with Crippen molar-refractivity contribution in [3.63, 3.8) is 0 Å². The number of esters is 1. The molecule has 2 rings (SSSR count). The number of urea groups is 1. The zero-order valence-corrected chi connectivity index (χ0v) is 17.5. The van der Waals surface area contributed by atoms with Crippen LogP contribution in [0.5, 0.6) is 0 Å². The van der Waals surface area contributed by atoms with E-state index in [0.29, 0.717) is 9.41 Å². The van der Waals surface area contributed by atoms with E-state index < -0.39 is 22.0 Å². The van der Waals surface area contributed by atoms with E-state index >= 15 is 0 Å². The smallest absolute Gasteiger partial charge is 0.339 e. The van der Waals surface area contributed by atoms with E-state index in [-0.39, 0.29) is 22.8 Å². The van der Waals surface area contributed by atoms with Gasteiger partial charge in [-0.25, -0.2) is 27.7 Å². The molecule has 1 aliphatic heterocycles. The van der Waals surface area contributed by atoms with Crippen molar-refractivity contribution in [1.29, 1.82) is 0 Å². The maximum atomic E-state index is 12.6. The number of hydroxylamine groups is 1. The summed E-state index contributed by atoms with van der Waals surface area (Å²) in [5.74, 6) is -0.397. The lowest BCUT2D eigenvalue weighted by atomic mass is 10.2. The molecular formula is C14H16IN5O6S. The quantitative estimate of drug-likeness (QED) is 0.450. The maximum Gasteiger partial charge on any atom is 0.339 e. The van der Waals surface area contributed by atoms with Crippen LogP contribution in [0, 0.1) is 3.57 Å². The molecular weight excluding hydrogens is 493 g/mol. The highest BCUT2D eigenvalue weighted by molar-refractivity contribution is 14.1. The molecule has 0 spiro atoms. The van der Waals surface area contributed by atoms with Crippen molar-refractivity contribution < 1.29 is 27.6 Å². The molecule has 0 saturated heterocycles. The number of hydrazone groups is 1. The highest BCUT2D eigenvalue weighted by atomic mass is 127. The molecule has 0 unspecified atom stereocenters. The zero-order valence-electron chi connectivity index (χ0n) is 14.5. The molecule has 0 fully saturated rings. The van der Waals surface area contributed by atoms with Crippen molar-refractivity contribution in [2.75, 3.05) is 20.8 Å². The van der Waals surface area contributed by atoms with E-state index in [1.165, 1.54) is 24.4 Å². The van der Waals surface area contributed by atoms with Gasteiger partial charge in [-0.2, -0.15) is 5.17 Å². The first kappa shape index (κ1) is 21.0. The molecule has 27 heavy (non-hydrogen) atoms. The summed E-state index contributed by atoms with van der Waals surface area (Å²) in [5.41, 5.74) is -0.193. The molecule has 0 atom stereocenters. The molecule has 13 heteroatoms. The third kappa shape index (κ3) is 5.36. The Hall–Kier alpha value is -2.26. The number of halogens is 1. The van der Waals surface area contributed by atoms with Crippen LogP contribution in [0.15, 0.2) is 33.2 Å². The highest BCUT2D eigenvalue weighted by Crippen LogP contribution is 2.20. The van der Waals surface area contributed by atoms with E-state index in [2.05, 4.69) is 20.1 Å². The van der Waals surface area contributed by atoms with Gasteiger partial charge in [-0.15, -0.1) is 5.10 Å². The summed E-state index contributed by atoms with van der Waals surface area (Å²) in [5, 5.41) is 7.41. The van der Waals surface area contributed by atoms with Crippen molar-refractivity contribution in [1.82, 2.24) is 15.2 Å². The van der Waals surface area contributed by atoms with E-state index in [1.807, 2.05) is 27.3 Å². The van der Waals surface area contributed by atoms with Gasteiger partial charge in [0, 0.05) is 3.57 Å². The molecule has 1 heterocycles. The second kappa shape index (κ2) is 8.62. The Bertz CT molecular complexity index is 930. The van der Waals surface area contributed by atoms with Gasteiger partial charge >= 0.3 is 12.0 Å². The average molecular weight is 509 g/mol. The minimum absolute atomic E-state index is 0.0119. The van der Waals surface area contributed by atoms with E-state index in [4.69, 9.17) is 4.84 Å². The number of nitrogens with zero attached hydrogens (tertiary/aromatic N) is 3. The molecule has 1 aliphatic rings. The van der Waals surface area contributed by atoms with Crippen LogP contribution in [0.4, 0.5) is 4.79 Å². The van der Waals surface area contributed by atoms with Gasteiger partial charge in [0.25, 0.3) is 10.0 Å². The summed E-state index contributed by atoms with van der Waals surface area (Å²) in [4.78, 5) is 32.5. The maximum absolute atomic E-state index is 12.6. The van der Waals surface area contributed by atoms with Crippen LogP contribution in [0.1, 0.15) is 17.3 Å². The third-order valence-corrected chi connectivity index (χ3v) is 5.21. The van der Waals surface area contributed by atoms with Crippen molar-refractivity contribution in [2.45, 2.75) is 11.8 Å². The van der Waals surface area contributed by atoms with Gasteiger partial charge in [0.2, 0.25) is 0 Å². The summed E-state index contributed by atoms with van der Waals surface area (Å²) >= 11 is 1.89. The Morgan fingerprint density at radius 1 is 1.30 bits per heavy atom. The Balaban J connectivity index is 2.22. The molecule has 0 aromatic heterocycles. The predicted octanol–water partition coefficient (Wildman–Crippen LogP) is 0.675. The summed E-state index contributed by atoms with van der Waals surface area (Å²) in [6, 6.07) is 3.06. The zero-order chi connectivity index (χ0) is 20.2. The monoisotopic (exact) mass is 509 g/mol. The number of carbonyl (C=O) groups excluding carboxylic acids is 2. The first-order valence-corrected chi connectivity index (χ1v) is 9.88. The molecule has 0 radical (unpaired) electrons. The molecule has 146 valence electrons. The second-order valence-electron chi connectivity index (χ2n) is 5.09. The Morgan fingerprint density at radius 2 is 2.00 bits per heavy atom. The molecule has 2 amide bonds. The average Bonchev–Trinajstić information content (AvgIpc) is 2.59. The van der Waals surface area contributed by atoms with Crippen LogP contribution in [-0.2, 0) is 19.6 Å². The Labute approximate surface area is 168 Å². The van der Waals surface area contributed by atoms with Gasteiger partial charge in [0.15, 0.2) is 0 Å². The topological polar surface area (TPSA) is 139 Å². The largest absolute Gasteiger partial charge is 0.465 e. The first-order chi connectivity index (χ1) is 12.7. The fourth-order valence-corrected chi connectivity index (χ4v) is 3.91. The van der Waals surface area contributed by atoms with E-state index in [0.717, 1.165) is 7.11 Å². The van der Waals surface area contributed by atoms with Crippen molar-refractivity contribution in [2.24, 2.45) is 10.1 Å². The number of ether oxygens (including phenoxy) is 1. The second-order valence-corrected chi connectivity index (χ2v) is 7.99. The molecule has 1 aromatic rings. The molecule has 11 nitrogen and oxygen atoms in total. The van der Waals surface area contributed by atoms with Crippen molar-refractivity contribution in [3.8, 4) is 0 Å². The number of benzene rings is 1. The molecule has 1 aromatic carbocycles. The number of sulfonamides is 1. The minimum atomic E-state index is -4.35. The number of nitrogens with one attached hydrogen (secondary N) is 2. The standard InChI is InChI=1S/C14H16IN5O6S/c1-8-16-12(7-20(18-8)26-3)17-14(22)19-27(23,24)11-6-9(15)4-5-10(11)13(21)25-2/h4-6H,7H2,1-3H3,(H2,16,17,18,19,22). The summed E-state index contributed by atoms with van der Waals surface area (Å²) < 4.78 is 32.2. The van der Waals surface area contributed by atoms with Gasteiger partial charge in [-0.1, -0.05) is 0 Å². The van der Waals surface area contributed by atoms with E-state index in [1.54, 1.807) is 13.0 Å². The molecule has 0 saturated carbocycles. The molecule has 0 bridgehead atoms. The lowest BCUT2D eigenvalue weighted by molar-refractivity contribution is -0.119. The van der Waals surface area contributed by atoms with Gasteiger partial charge in [0.05, 0.1) is 19.8 Å². The molecule has 2 N–H and O–H groups in total. The number of amidine groups is 2. The van der Waals surface area contributed by atoms with Gasteiger partial charge < -0.3 is 4.74 Å². The van der Waals surface area contributed by atoms with Crippen LogP contribution in [0.25, 0.3) is 0 Å². The number of rotatable bonds is 4. The number of amides is 2. The summed E-state index contributed by atoms with van der Waals surface area (Å²) in [6.07, 6.45) is 0. The summed E-state index contributed by atoms with van der Waals surface area (Å²) in [7, 11) is -1.84. The Kier molecular flexibility index (Phi) is 6.72. The minimum Gasteiger partial charge on any atom is -0.465 e. The van der Waals surface area contributed by atoms with Crippen LogP contribution in [0.3, 0.4) is 0 Å². The van der Waals surface area contributed by atoms with Crippen molar-refractivity contribution >= 4 is 56.3 Å². The number of methoxy groups -OCH3 is 1.